The number of hydrazine groups is 1. The first-order valence-electron chi connectivity index (χ1n) is 22.6. The van der Waals surface area contributed by atoms with E-state index in [1.165, 1.54) is 21.2 Å². The highest BCUT2D eigenvalue weighted by atomic mass is 32.1. The highest BCUT2D eigenvalue weighted by molar-refractivity contribution is 7.10. The van der Waals surface area contributed by atoms with E-state index in [1.54, 1.807) is 34.1 Å². The van der Waals surface area contributed by atoms with E-state index in [2.05, 4.69) is 54.3 Å². The van der Waals surface area contributed by atoms with Gasteiger partial charge in [0.1, 0.15) is 17.2 Å². The molecule has 6 bridgehead atoms. The number of alkyl halides is 2. The second kappa shape index (κ2) is 18.3. The molecule has 6 atom stereocenters. The lowest BCUT2D eigenvalue weighted by molar-refractivity contribution is -0.160. The number of aryl methyl sites for hydroxylation is 1. The van der Waals surface area contributed by atoms with Crippen LogP contribution in [0, 0.1) is 17.3 Å². The Balaban J connectivity index is 1.24. The number of aromatic nitrogens is 3. The van der Waals surface area contributed by atoms with Gasteiger partial charge in [0, 0.05) is 102 Å². The predicted molar refractivity (Wildman–Crippen MR) is 241 cm³/mol. The molecule has 3 aliphatic heterocycles. The summed E-state index contributed by atoms with van der Waals surface area (Å²) in [6, 6.07) is 9.39. The van der Waals surface area contributed by atoms with E-state index in [1.807, 2.05) is 24.4 Å². The van der Waals surface area contributed by atoms with E-state index < -0.39 is 65.1 Å². The van der Waals surface area contributed by atoms with Crippen LogP contribution in [0.5, 0.6) is 0 Å². The fourth-order valence-electron chi connectivity index (χ4n) is 9.76. The van der Waals surface area contributed by atoms with Crippen LogP contribution in [0.3, 0.4) is 0 Å². The van der Waals surface area contributed by atoms with Crippen LogP contribution in [0.4, 0.5) is 8.78 Å². The molecule has 1 aromatic carbocycles. The van der Waals surface area contributed by atoms with E-state index >= 15 is 4.79 Å². The smallest absolute Gasteiger partial charge is 0.324 e. The molecule has 2 fully saturated rings. The van der Waals surface area contributed by atoms with Crippen LogP contribution in [0.2, 0.25) is 0 Å². The first kappa shape index (κ1) is 46.4. The van der Waals surface area contributed by atoms with Gasteiger partial charge < -0.3 is 29.0 Å². The monoisotopic (exact) mass is 915 g/mol. The fourth-order valence-corrected chi connectivity index (χ4v) is 10.8. The summed E-state index contributed by atoms with van der Waals surface area (Å²) in [4.78, 5) is 68.3. The Hall–Kier alpha value is -5.10. The number of carbonyl (C=O) groups excluding carboxylic acids is 4. The summed E-state index contributed by atoms with van der Waals surface area (Å²) < 4.78 is 47.6. The van der Waals surface area contributed by atoms with Crippen molar-refractivity contribution in [2.75, 3.05) is 40.0 Å². The molecule has 2 N–H and O–H groups in total. The fraction of sp³-hybridized carbons (Fsp3) is 0.542. The number of nitrogens with zero attached hydrogens (tertiary/aromatic N) is 5. The normalized spacial score (nSPS) is 25.2. The van der Waals surface area contributed by atoms with Gasteiger partial charge in [0.25, 0.3) is 11.8 Å². The molecule has 3 amide bonds. The Bertz CT molecular complexity index is 2540. The molecule has 3 aromatic heterocycles. The van der Waals surface area contributed by atoms with Gasteiger partial charge in [0.2, 0.25) is 12.3 Å². The van der Waals surface area contributed by atoms with Gasteiger partial charge in [-0.2, -0.15) is 0 Å². The lowest BCUT2D eigenvalue weighted by Gasteiger charge is -2.42. The topological polar surface area (TPSA) is 157 Å². The average Bonchev–Trinajstić information content (AvgIpc) is 3.69. The minimum atomic E-state index is -2.55. The van der Waals surface area contributed by atoms with E-state index in [9.17, 15) is 23.2 Å². The third-order valence-corrected chi connectivity index (χ3v) is 14.3. The number of pyridine rings is 1. The minimum Gasteiger partial charge on any atom is -0.464 e. The highest BCUT2D eigenvalue weighted by Crippen LogP contribution is 2.45. The zero-order valence-corrected chi connectivity index (χ0v) is 39.2. The summed E-state index contributed by atoms with van der Waals surface area (Å²) in [5.41, 5.74) is 7.49. The average molecular weight is 916 g/mol. The Labute approximate surface area is 382 Å². The van der Waals surface area contributed by atoms with Crippen LogP contribution in [-0.2, 0) is 46.4 Å². The van der Waals surface area contributed by atoms with Crippen molar-refractivity contribution >= 4 is 45.9 Å². The molecule has 8 rings (SSSR count). The molecule has 2 saturated heterocycles. The molecule has 65 heavy (non-hydrogen) atoms. The van der Waals surface area contributed by atoms with Crippen LogP contribution < -0.4 is 10.7 Å². The van der Waals surface area contributed by atoms with Gasteiger partial charge >= 0.3 is 5.97 Å². The van der Waals surface area contributed by atoms with Gasteiger partial charge in [-0.3, -0.25) is 29.2 Å². The first-order chi connectivity index (χ1) is 31.0. The quantitative estimate of drug-likeness (QED) is 0.156. The molecule has 4 aromatic rings. The van der Waals surface area contributed by atoms with E-state index in [0.29, 0.717) is 36.5 Å². The van der Waals surface area contributed by atoms with Gasteiger partial charge in [0.05, 0.1) is 29.8 Å². The lowest BCUT2D eigenvalue weighted by Crippen LogP contribution is -2.66. The van der Waals surface area contributed by atoms with E-state index in [4.69, 9.17) is 24.2 Å². The minimum absolute atomic E-state index is 0.0860. The first-order valence-corrected chi connectivity index (χ1v) is 23.5. The van der Waals surface area contributed by atoms with Gasteiger partial charge in [0.15, 0.2) is 5.54 Å². The van der Waals surface area contributed by atoms with Gasteiger partial charge in [-0.25, -0.2) is 19.2 Å². The SMILES string of the molecule is CCO[C@@H]1c2nc(cs2)-c2ccc3c(c2)c(c(-c2cccnc2[C@H](C)OC)n3CC)CC(C)(C)COC(=O)[C@@H]2CCCN(N2)C(=O)[C@@]1(C)NC(=O)C1=C(C(=O)N2CC[C@@H](C(F)F)C2)[C@@H]1C. The third kappa shape index (κ3) is 8.72. The molecule has 4 aliphatic rings. The standard InChI is InChI=1S/C48H59F2N7O7S/c1-9-56-35-16-15-28-21-31(35)32(39(56)30-13-11-18-51-38(30)27(4)62-8)22-47(5,6)25-64-45(60)33-14-12-19-57(54-33)46(61)48(7,40(63-10-2)43-52-34(28)24-65-43)53-42(58)36-26(3)37(36)44(59)55-20-17-29(23-55)41(49)50/h11,13,15-16,18,21,24,26-27,29,33,40-41,54H,9-10,12,14,17,19-20,22-23,25H2,1-8H3,(H,53,58)/t26-,27+,29-,33+,40-,48+/m1/s1. The number of fused-ring (bicyclic) bond motifs is 6. The maximum absolute atomic E-state index is 15.1. The Morgan fingerprint density at radius 1 is 1.11 bits per heavy atom. The van der Waals surface area contributed by atoms with Crippen molar-refractivity contribution in [3.05, 3.63) is 69.3 Å². The number of hydrogen-bond donors (Lipinski definition) is 2. The molecule has 348 valence electrons. The van der Waals surface area contributed by atoms with Crippen molar-refractivity contribution in [3.8, 4) is 22.5 Å². The molecule has 0 saturated carbocycles. The summed E-state index contributed by atoms with van der Waals surface area (Å²) >= 11 is 1.30. The molecular formula is C48H59F2N7O7S. The Kier molecular flexibility index (Phi) is 13.1. The van der Waals surface area contributed by atoms with Crippen LogP contribution in [0.15, 0.2) is 53.1 Å². The number of cyclic esters (lactones) is 1. The van der Waals surface area contributed by atoms with E-state index in [0.717, 1.165) is 39.0 Å². The van der Waals surface area contributed by atoms with Crippen LogP contribution >= 0.6 is 11.3 Å². The number of halogens is 2. The summed E-state index contributed by atoms with van der Waals surface area (Å²) in [7, 11) is 1.67. The van der Waals surface area contributed by atoms with Gasteiger partial charge in [-0.1, -0.05) is 26.8 Å². The van der Waals surface area contributed by atoms with Crippen LogP contribution in [0.25, 0.3) is 33.4 Å². The maximum atomic E-state index is 15.1. The number of benzene rings is 1. The number of amides is 3. The zero-order chi connectivity index (χ0) is 46.5. The molecule has 0 spiro atoms. The van der Waals surface area contributed by atoms with Crippen molar-refractivity contribution in [3.63, 3.8) is 0 Å². The third-order valence-electron chi connectivity index (χ3n) is 13.4. The second-order valence-corrected chi connectivity index (χ2v) is 19.5. The molecular weight excluding hydrogens is 857 g/mol. The molecule has 1 aliphatic carbocycles. The largest absolute Gasteiger partial charge is 0.464 e. The van der Waals surface area contributed by atoms with Crippen molar-refractivity contribution in [1.82, 2.24) is 35.2 Å². The van der Waals surface area contributed by atoms with Crippen molar-refractivity contribution in [2.45, 2.75) is 111 Å². The molecule has 6 heterocycles. The number of ether oxygens (including phenoxy) is 3. The molecule has 17 heteroatoms. The summed E-state index contributed by atoms with van der Waals surface area (Å²) in [5, 5.41) is 7.67. The Morgan fingerprint density at radius 3 is 2.60 bits per heavy atom. The number of likely N-dealkylation sites (tertiary alicyclic amines) is 1. The number of carbonyl (C=O) groups is 4. The summed E-state index contributed by atoms with van der Waals surface area (Å²) in [6.07, 6.45) is -0.564. The van der Waals surface area contributed by atoms with Crippen molar-refractivity contribution in [1.29, 1.82) is 0 Å². The maximum Gasteiger partial charge on any atom is 0.324 e. The van der Waals surface area contributed by atoms with Crippen molar-refractivity contribution in [2.24, 2.45) is 17.3 Å². The predicted octanol–water partition coefficient (Wildman–Crippen LogP) is 7.19. The molecule has 0 radical (unpaired) electrons. The van der Waals surface area contributed by atoms with E-state index in [-0.39, 0.29) is 56.5 Å². The zero-order valence-electron chi connectivity index (χ0n) is 38.3. The number of thiazole rings is 1. The number of esters is 1. The number of nitrogens with one attached hydrogen (secondary N) is 2. The molecule has 0 unspecified atom stereocenters. The van der Waals surface area contributed by atoms with Gasteiger partial charge in [-0.15, -0.1) is 11.3 Å². The Morgan fingerprint density at radius 2 is 1.89 bits per heavy atom. The lowest BCUT2D eigenvalue weighted by atomic mass is 9.84. The van der Waals surface area contributed by atoms with Crippen LogP contribution in [-0.4, -0.2) is 106 Å². The van der Waals surface area contributed by atoms with Crippen LogP contribution in [0.1, 0.15) is 96.2 Å². The van der Waals surface area contributed by atoms with Crippen molar-refractivity contribution < 1.29 is 42.2 Å². The molecule has 14 nitrogen and oxygen atoms in total. The number of methoxy groups -OCH3 is 1. The summed E-state index contributed by atoms with van der Waals surface area (Å²) in [5.74, 6) is -3.64. The second-order valence-electron chi connectivity index (χ2n) is 18.6. The highest BCUT2D eigenvalue weighted by Gasteiger charge is 2.53. The van der Waals surface area contributed by atoms with Gasteiger partial charge in [-0.05, 0) is 83.2 Å². The summed E-state index contributed by atoms with van der Waals surface area (Å²) in [6.45, 7) is 14.5. The number of rotatable bonds is 10. The number of hydrogen-bond acceptors (Lipinski definition) is 11.